The van der Waals surface area contributed by atoms with Gasteiger partial charge in [0.05, 0.1) is 12.7 Å². The summed E-state index contributed by atoms with van der Waals surface area (Å²) in [6.07, 6.45) is 6.78. The molecule has 3 nitrogen and oxygen atoms in total. The first-order valence-corrected chi connectivity index (χ1v) is 9.71. The van der Waals surface area contributed by atoms with Crippen molar-refractivity contribution in [1.29, 1.82) is 0 Å². The molecule has 0 aromatic carbocycles. The van der Waals surface area contributed by atoms with Crippen LogP contribution in [0.1, 0.15) is 37.7 Å². The Balaban J connectivity index is 1.40. The van der Waals surface area contributed by atoms with Gasteiger partial charge in [-0.15, -0.1) is 0 Å². The molecular formula is C18H27NO2S. The fraction of sp³-hybridized carbons (Fsp3) is 0.778. The summed E-state index contributed by atoms with van der Waals surface area (Å²) in [5.74, 6) is 0.852. The predicted molar refractivity (Wildman–Crippen MR) is 89.2 cm³/mol. The number of nitrogens with zero attached hydrogens (tertiary/aromatic N) is 1. The predicted octanol–water partition coefficient (Wildman–Crippen LogP) is 3.55. The van der Waals surface area contributed by atoms with Crippen molar-refractivity contribution >= 4 is 11.3 Å². The second-order valence-electron chi connectivity index (χ2n) is 7.41. The third-order valence-corrected chi connectivity index (χ3v) is 6.23. The molecule has 4 heteroatoms. The molecule has 1 aromatic rings. The van der Waals surface area contributed by atoms with Crippen LogP contribution in [0.2, 0.25) is 0 Å². The highest BCUT2D eigenvalue weighted by Gasteiger charge is 2.46. The van der Waals surface area contributed by atoms with Gasteiger partial charge in [-0.3, -0.25) is 4.90 Å². The summed E-state index contributed by atoms with van der Waals surface area (Å²) < 4.78 is 12.3. The van der Waals surface area contributed by atoms with Gasteiger partial charge in [0.15, 0.2) is 0 Å². The minimum Gasteiger partial charge on any atom is -0.380 e. The molecule has 3 heterocycles. The van der Waals surface area contributed by atoms with Gasteiger partial charge < -0.3 is 9.47 Å². The van der Waals surface area contributed by atoms with Crippen LogP contribution in [0.25, 0.3) is 0 Å². The van der Waals surface area contributed by atoms with Crippen molar-refractivity contribution in [3.63, 3.8) is 0 Å². The third kappa shape index (κ3) is 3.40. The maximum Gasteiger partial charge on any atom is 0.0677 e. The lowest BCUT2D eigenvalue weighted by Crippen LogP contribution is -2.56. The van der Waals surface area contributed by atoms with E-state index in [4.69, 9.17) is 9.47 Å². The van der Waals surface area contributed by atoms with E-state index in [1.807, 2.05) is 0 Å². The molecule has 122 valence electrons. The molecule has 22 heavy (non-hydrogen) atoms. The Morgan fingerprint density at radius 3 is 3.14 bits per heavy atom. The van der Waals surface area contributed by atoms with Crippen molar-refractivity contribution in [2.24, 2.45) is 11.3 Å². The number of hydrogen-bond acceptors (Lipinski definition) is 4. The highest BCUT2D eigenvalue weighted by molar-refractivity contribution is 7.07. The molecule has 0 spiro atoms. The van der Waals surface area contributed by atoms with Gasteiger partial charge in [0, 0.05) is 38.3 Å². The van der Waals surface area contributed by atoms with Gasteiger partial charge >= 0.3 is 0 Å². The van der Waals surface area contributed by atoms with Gasteiger partial charge in [-0.25, -0.2) is 0 Å². The molecule has 2 atom stereocenters. The quantitative estimate of drug-likeness (QED) is 0.800. The molecule has 3 fully saturated rings. The zero-order chi connectivity index (χ0) is 14.8. The lowest BCUT2D eigenvalue weighted by molar-refractivity contribution is -0.154. The van der Waals surface area contributed by atoms with E-state index in [0.717, 1.165) is 51.8 Å². The van der Waals surface area contributed by atoms with E-state index in [1.54, 1.807) is 11.3 Å². The summed E-state index contributed by atoms with van der Waals surface area (Å²) in [4.78, 5) is 2.62. The first kappa shape index (κ1) is 15.1. The molecule has 3 aliphatic rings. The van der Waals surface area contributed by atoms with E-state index < -0.39 is 0 Å². The van der Waals surface area contributed by atoms with Crippen LogP contribution in [0.3, 0.4) is 0 Å². The van der Waals surface area contributed by atoms with E-state index in [-0.39, 0.29) is 5.41 Å². The fourth-order valence-corrected chi connectivity index (χ4v) is 4.74. The largest absolute Gasteiger partial charge is 0.380 e. The van der Waals surface area contributed by atoms with Crippen LogP contribution in [-0.2, 0) is 16.0 Å². The maximum atomic E-state index is 6.14. The second kappa shape index (κ2) is 6.60. The average molecular weight is 321 g/mol. The maximum absolute atomic E-state index is 6.14. The van der Waals surface area contributed by atoms with Crippen LogP contribution in [-0.4, -0.2) is 43.9 Å². The van der Waals surface area contributed by atoms with Gasteiger partial charge in [0.2, 0.25) is 0 Å². The van der Waals surface area contributed by atoms with E-state index in [2.05, 4.69) is 21.7 Å². The number of piperidine rings is 1. The molecule has 1 aromatic heterocycles. The van der Waals surface area contributed by atoms with Gasteiger partial charge in [0.25, 0.3) is 0 Å². The number of fused-ring (bicyclic) bond motifs is 1. The van der Waals surface area contributed by atoms with Crippen LogP contribution in [0.15, 0.2) is 16.8 Å². The topological polar surface area (TPSA) is 21.7 Å². The molecule has 2 saturated heterocycles. The minimum absolute atomic E-state index is 0.238. The molecule has 0 N–H and O–H groups in total. The van der Waals surface area contributed by atoms with Crippen molar-refractivity contribution in [3.05, 3.63) is 22.4 Å². The van der Waals surface area contributed by atoms with Crippen molar-refractivity contribution < 1.29 is 9.47 Å². The summed E-state index contributed by atoms with van der Waals surface area (Å²) >= 11 is 1.80. The normalized spacial score (nSPS) is 32.8. The van der Waals surface area contributed by atoms with E-state index in [9.17, 15) is 0 Å². The number of likely N-dealkylation sites (tertiary alicyclic amines) is 1. The molecular weight excluding hydrogens is 294 g/mol. The third-order valence-electron chi connectivity index (χ3n) is 5.49. The molecule has 2 unspecified atom stereocenters. The molecule has 1 saturated carbocycles. The van der Waals surface area contributed by atoms with Crippen molar-refractivity contribution in [2.75, 3.05) is 32.9 Å². The smallest absolute Gasteiger partial charge is 0.0677 e. The van der Waals surface area contributed by atoms with Crippen molar-refractivity contribution in [2.45, 2.75) is 44.8 Å². The number of hydrogen-bond donors (Lipinski definition) is 0. The zero-order valence-corrected chi connectivity index (χ0v) is 14.2. The minimum atomic E-state index is 0.238. The van der Waals surface area contributed by atoms with Crippen LogP contribution in [0, 0.1) is 11.3 Å². The Bertz CT molecular complexity index is 473. The zero-order valence-electron chi connectivity index (χ0n) is 13.3. The Hall–Kier alpha value is -0.420. The second-order valence-corrected chi connectivity index (χ2v) is 8.19. The Kier molecular flexibility index (Phi) is 4.54. The first-order valence-electron chi connectivity index (χ1n) is 8.77. The molecule has 4 rings (SSSR count). The van der Waals surface area contributed by atoms with Gasteiger partial charge in [-0.1, -0.05) is 0 Å². The van der Waals surface area contributed by atoms with Gasteiger partial charge in [-0.2, -0.15) is 11.3 Å². The van der Waals surface area contributed by atoms with Crippen LogP contribution < -0.4 is 0 Å². The van der Waals surface area contributed by atoms with E-state index in [0.29, 0.717) is 6.10 Å². The molecule has 2 aliphatic heterocycles. The first-order chi connectivity index (χ1) is 10.8. The number of rotatable bonds is 6. The van der Waals surface area contributed by atoms with Gasteiger partial charge in [0.1, 0.15) is 0 Å². The van der Waals surface area contributed by atoms with Crippen LogP contribution >= 0.6 is 11.3 Å². The molecule has 0 radical (unpaired) electrons. The summed E-state index contributed by atoms with van der Waals surface area (Å²) in [7, 11) is 0. The summed E-state index contributed by atoms with van der Waals surface area (Å²) in [6.45, 7) is 6.19. The van der Waals surface area contributed by atoms with Crippen LogP contribution in [0.5, 0.6) is 0 Å². The molecule has 0 bridgehead atoms. The monoisotopic (exact) mass is 321 g/mol. The number of ether oxygens (including phenoxy) is 2. The Labute approximate surface area is 137 Å². The lowest BCUT2D eigenvalue weighted by atomic mass is 9.73. The summed E-state index contributed by atoms with van der Waals surface area (Å²) in [5, 5.41) is 4.46. The average Bonchev–Trinajstić information content (AvgIpc) is 3.22. The fourth-order valence-electron chi connectivity index (χ4n) is 4.08. The SMILES string of the molecule is c1cc(CN2CCC3OCCCC3(COCC3CC3)C2)cs1. The van der Waals surface area contributed by atoms with Crippen molar-refractivity contribution in [3.8, 4) is 0 Å². The Morgan fingerprint density at radius 2 is 2.32 bits per heavy atom. The highest BCUT2D eigenvalue weighted by atomic mass is 32.1. The van der Waals surface area contributed by atoms with E-state index >= 15 is 0 Å². The van der Waals surface area contributed by atoms with Crippen LogP contribution in [0.4, 0.5) is 0 Å². The number of thiophene rings is 1. The Morgan fingerprint density at radius 1 is 1.36 bits per heavy atom. The molecule has 0 amide bonds. The lowest BCUT2D eigenvalue weighted by Gasteiger charge is -2.50. The molecule has 1 aliphatic carbocycles. The van der Waals surface area contributed by atoms with Gasteiger partial charge in [-0.05, 0) is 60.4 Å². The van der Waals surface area contributed by atoms with E-state index in [1.165, 1.54) is 31.2 Å². The standard InChI is InChI=1S/C18H27NO2S/c1-6-18(14-20-11-15-2-3-15)13-19(7-4-17(18)21-8-1)10-16-5-9-22-12-16/h5,9,12,15,17H,1-4,6-8,10-11,13-14H2. The highest BCUT2D eigenvalue weighted by Crippen LogP contribution is 2.41. The summed E-state index contributed by atoms with van der Waals surface area (Å²) in [6, 6.07) is 2.25. The van der Waals surface area contributed by atoms with Crippen molar-refractivity contribution in [1.82, 2.24) is 4.90 Å². The summed E-state index contributed by atoms with van der Waals surface area (Å²) in [5.41, 5.74) is 1.69.